The van der Waals surface area contributed by atoms with Crippen LogP contribution in [0.1, 0.15) is 66.9 Å². The smallest absolute Gasteiger partial charge is 0.348 e. The van der Waals surface area contributed by atoms with Crippen molar-refractivity contribution in [2.45, 2.75) is 39.7 Å². The molecule has 1 aliphatic rings. The van der Waals surface area contributed by atoms with Crippen LogP contribution in [0.5, 0.6) is 0 Å². The van der Waals surface area contributed by atoms with Gasteiger partial charge in [-0.15, -0.1) is 11.3 Å². The molecule has 1 aliphatic carbocycles. The lowest BCUT2D eigenvalue weighted by Crippen LogP contribution is -2.14. The second kappa shape index (κ2) is 6.36. The van der Waals surface area contributed by atoms with Crippen LogP contribution >= 0.6 is 11.3 Å². The quantitative estimate of drug-likeness (QED) is 0.591. The van der Waals surface area contributed by atoms with Crippen LogP contribution in [0, 0.1) is 13.8 Å². The van der Waals surface area contributed by atoms with Crippen LogP contribution in [0.2, 0.25) is 0 Å². The molecule has 2 heterocycles. The maximum absolute atomic E-state index is 12.4. The predicted molar refractivity (Wildman–Crippen MR) is 91.1 cm³/mol. The molecule has 1 saturated carbocycles. The second-order valence-electron chi connectivity index (χ2n) is 6.11. The van der Waals surface area contributed by atoms with E-state index in [1.807, 2.05) is 19.9 Å². The van der Waals surface area contributed by atoms with E-state index in [0.717, 1.165) is 35.6 Å². The molecule has 24 heavy (non-hydrogen) atoms. The van der Waals surface area contributed by atoms with Gasteiger partial charge in [0.05, 0.1) is 4.88 Å². The van der Waals surface area contributed by atoms with Crippen molar-refractivity contribution >= 4 is 28.9 Å². The van der Waals surface area contributed by atoms with Crippen LogP contribution in [0.15, 0.2) is 18.2 Å². The molecule has 0 unspecified atom stereocenters. The highest BCUT2D eigenvalue weighted by Gasteiger charge is 2.28. The summed E-state index contributed by atoms with van der Waals surface area (Å²) >= 11 is 1.08. The third kappa shape index (κ3) is 3.19. The fraction of sp³-hybridized carbons (Fsp3) is 0.389. The molecule has 0 N–H and O–H groups in total. The van der Waals surface area contributed by atoms with Crippen molar-refractivity contribution in [3.8, 4) is 0 Å². The second-order valence-corrected chi connectivity index (χ2v) is 7.19. The molecule has 0 saturated heterocycles. The van der Waals surface area contributed by atoms with Crippen LogP contribution in [0.3, 0.4) is 0 Å². The highest BCUT2D eigenvalue weighted by molar-refractivity contribution is 7.15. The minimum atomic E-state index is -0.572. The first kappa shape index (κ1) is 16.6. The van der Waals surface area contributed by atoms with Crippen molar-refractivity contribution in [3.63, 3.8) is 0 Å². The lowest BCUT2D eigenvalue weighted by atomic mass is 10.1. The number of thiophene rings is 1. The summed E-state index contributed by atoms with van der Waals surface area (Å²) in [6.07, 6.45) is 2.30. The molecule has 6 heteroatoms. The Morgan fingerprint density at radius 3 is 2.46 bits per heavy atom. The highest BCUT2D eigenvalue weighted by atomic mass is 32.1. The Balaban J connectivity index is 1.66. The van der Waals surface area contributed by atoms with Gasteiger partial charge in [0.15, 0.2) is 12.4 Å². The summed E-state index contributed by atoms with van der Waals surface area (Å²) in [6, 6.07) is 5.51. The minimum absolute atomic E-state index is 0.0948. The van der Waals surface area contributed by atoms with Crippen molar-refractivity contribution in [2.75, 3.05) is 6.61 Å². The fourth-order valence-corrected chi connectivity index (χ4v) is 3.67. The van der Waals surface area contributed by atoms with Crippen molar-refractivity contribution in [1.29, 1.82) is 0 Å². The molecule has 0 amide bonds. The van der Waals surface area contributed by atoms with Gasteiger partial charge in [-0.25, -0.2) is 4.79 Å². The summed E-state index contributed by atoms with van der Waals surface area (Å²) in [4.78, 5) is 36.5. The fourth-order valence-electron chi connectivity index (χ4n) is 2.87. The topological polar surface area (TPSA) is 65.4 Å². The Morgan fingerprint density at radius 1 is 1.21 bits per heavy atom. The number of ether oxygens (including phenoxy) is 1. The van der Waals surface area contributed by atoms with E-state index in [1.54, 1.807) is 12.1 Å². The van der Waals surface area contributed by atoms with E-state index >= 15 is 0 Å². The summed E-state index contributed by atoms with van der Waals surface area (Å²) in [5.74, 6) is -0.869. The van der Waals surface area contributed by atoms with Crippen LogP contribution in [0.25, 0.3) is 0 Å². The van der Waals surface area contributed by atoms with Crippen molar-refractivity contribution in [1.82, 2.24) is 4.57 Å². The number of Topliss-reactive ketones (excluding diaryl/α,β-unsaturated/α-hetero) is 2. The zero-order valence-corrected chi connectivity index (χ0v) is 14.7. The van der Waals surface area contributed by atoms with Crippen LogP contribution in [-0.4, -0.2) is 28.7 Å². The minimum Gasteiger partial charge on any atom is -0.453 e. The molecule has 2 aromatic rings. The van der Waals surface area contributed by atoms with Crippen LogP contribution in [-0.2, 0) is 4.74 Å². The number of carbonyl (C=O) groups is 3. The molecule has 5 nitrogen and oxygen atoms in total. The predicted octanol–water partition coefficient (Wildman–Crippen LogP) is 3.74. The maximum Gasteiger partial charge on any atom is 0.348 e. The highest BCUT2D eigenvalue weighted by Crippen LogP contribution is 2.38. The van der Waals surface area contributed by atoms with E-state index in [-0.39, 0.29) is 18.2 Å². The SMILES string of the molecule is CC(=O)c1ccc(C(=O)OCC(=O)c2cc(C)n(C3CC3)c2C)s1. The van der Waals surface area contributed by atoms with Gasteiger partial charge in [0.1, 0.15) is 4.88 Å². The third-order valence-electron chi connectivity index (χ3n) is 4.19. The average Bonchev–Trinajstić information content (AvgIpc) is 3.14. The Kier molecular flexibility index (Phi) is 4.41. The Bertz CT molecular complexity index is 826. The van der Waals surface area contributed by atoms with Gasteiger partial charge in [0.25, 0.3) is 0 Å². The van der Waals surface area contributed by atoms with E-state index < -0.39 is 5.97 Å². The van der Waals surface area contributed by atoms with E-state index in [9.17, 15) is 14.4 Å². The summed E-state index contributed by atoms with van der Waals surface area (Å²) in [6.45, 7) is 5.07. The molecule has 3 rings (SSSR count). The first-order valence-corrected chi connectivity index (χ1v) is 8.69. The first-order chi connectivity index (χ1) is 11.4. The van der Waals surface area contributed by atoms with Crippen molar-refractivity contribution < 1.29 is 19.1 Å². The zero-order valence-electron chi connectivity index (χ0n) is 13.9. The van der Waals surface area contributed by atoms with E-state index in [1.165, 1.54) is 6.92 Å². The summed E-state index contributed by atoms with van der Waals surface area (Å²) in [5.41, 5.74) is 2.61. The number of ketones is 2. The molecule has 2 aromatic heterocycles. The zero-order chi connectivity index (χ0) is 17.4. The monoisotopic (exact) mass is 345 g/mol. The van der Waals surface area contributed by atoms with E-state index in [2.05, 4.69) is 4.57 Å². The van der Waals surface area contributed by atoms with Crippen molar-refractivity contribution in [3.05, 3.63) is 44.9 Å². The number of carbonyl (C=O) groups excluding carboxylic acids is 3. The van der Waals surface area contributed by atoms with Gasteiger partial charge in [-0.1, -0.05) is 0 Å². The van der Waals surface area contributed by atoms with Crippen LogP contribution in [0.4, 0.5) is 0 Å². The third-order valence-corrected chi connectivity index (χ3v) is 5.35. The number of hydrogen-bond donors (Lipinski definition) is 0. The molecule has 0 aliphatic heterocycles. The number of aromatic nitrogens is 1. The number of hydrogen-bond acceptors (Lipinski definition) is 5. The lowest BCUT2D eigenvalue weighted by molar-refractivity contribution is 0.0479. The van der Waals surface area contributed by atoms with Crippen molar-refractivity contribution in [2.24, 2.45) is 0 Å². The molecule has 0 aromatic carbocycles. The summed E-state index contributed by atoms with van der Waals surface area (Å²) < 4.78 is 7.31. The number of esters is 1. The normalized spacial score (nSPS) is 13.8. The largest absolute Gasteiger partial charge is 0.453 e. The summed E-state index contributed by atoms with van der Waals surface area (Å²) in [5, 5.41) is 0. The molecule has 126 valence electrons. The van der Waals surface area contributed by atoms with Gasteiger partial charge in [-0.2, -0.15) is 0 Å². The van der Waals surface area contributed by atoms with Crippen LogP contribution < -0.4 is 0 Å². The van der Waals surface area contributed by atoms with Gasteiger partial charge in [0, 0.05) is 23.0 Å². The van der Waals surface area contributed by atoms with Gasteiger partial charge < -0.3 is 9.30 Å². The summed E-state index contributed by atoms with van der Waals surface area (Å²) in [7, 11) is 0. The Labute approximate surface area is 144 Å². The van der Waals surface area contributed by atoms with Gasteiger partial charge in [0.2, 0.25) is 5.78 Å². The Hall–Kier alpha value is -2.21. The molecule has 0 bridgehead atoms. The van der Waals surface area contributed by atoms with Gasteiger partial charge in [-0.3, -0.25) is 9.59 Å². The molecule has 0 atom stereocenters. The Morgan fingerprint density at radius 2 is 1.88 bits per heavy atom. The standard InChI is InChI=1S/C18H19NO4S/c1-10-8-14(11(2)19(10)13-4-5-13)15(21)9-23-18(22)17-7-6-16(24-17)12(3)20/h6-8,13H,4-5,9H2,1-3H3. The lowest BCUT2D eigenvalue weighted by Gasteiger charge is -2.07. The number of rotatable bonds is 6. The maximum atomic E-state index is 12.4. The first-order valence-electron chi connectivity index (χ1n) is 7.88. The molecular weight excluding hydrogens is 326 g/mol. The molecule has 1 fully saturated rings. The number of nitrogens with zero attached hydrogens (tertiary/aromatic N) is 1. The molecule has 0 radical (unpaired) electrons. The van der Waals surface area contributed by atoms with Gasteiger partial charge >= 0.3 is 5.97 Å². The molecule has 0 spiro atoms. The average molecular weight is 345 g/mol. The van der Waals surface area contributed by atoms with E-state index in [0.29, 0.717) is 21.4 Å². The number of aryl methyl sites for hydroxylation is 1. The molecular formula is C18H19NO4S. The van der Waals surface area contributed by atoms with Gasteiger partial charge in [-0.05, 0) is 51.8 Å². The van der Waals surface area contributed by atoms with E-state index in [4.69, 9.17) is 4.74 Å².